The van der Waals surface area contributed by atoms with Crippen LogP contribution >= 0.6 is 0 Å². The molecule has 2 heterocycles. The first-order valence-corrected chi connectivity index (χ1v) is 10.5. The van der Waals surface area contributed by atoms with E-state index in [9.17, 15) is 14.0 Å². The Hall–Kier alpha value is -3.74. The van der Waals surface area contributed by atoms with Crippen molar-refractivity contribution in [3.63, 3.8) is 0 Å². The summed E-state index contributed by atoms with van der Waals surface area (Å²) in [5.74, 6) is -0.780. The van der Waals surface area contributed by atoms with Gasteiger partial charge in [0.2, 0.25) is 0 Å². The van der Waals surface area contributed by atoms with Gasteiger partial charge in [-0.1, -0.05) is 26.0 Å². The van der Waals surface area contributed by atoms with E-state index in [1.807, 2.05) is 0 Å². The number of hydrogen-bond donors (Lipinski definition) is 1. The van der Waals surface area contributed by atoms with E-state index in [1.165, 1.54) is 18.2 Å². The number of benzene rings is 2. The number of carbonyl (C=O) groups excluding carboxylic acids is 1. The van der Waals surface area contributed by atoms with Crippen molar-refractivity contribution in [3.8, 4) is 5.69 Å². The van der Waals surface area contributed by atoms with Crippen LogP contribution in [0.15, 0.2) is 70.0 Å². The number of aromatic nitrogens is 2. The smallest absolute Gasteiger partial charge is 0.287 e. The number of fused-ring (bicyclic) bond motifs is 2. The summed E-state index contributed by atoms with van der Waals surface area (Å²) in [7, 11) is 0. The first-order chi connectivity index (χ1) is 15.3. The second kappa shape index (κ2) is 7.44. The molecule has 0 spiro atoms. The number of carbonyl (C=O) groups is 1. The lowest BCUT2D eigenvalue weighted by Gasteiger charge is -2.35. The molecule has 0 aliphatic heterocycles. The first kappa shape index (κ1) is 20.2. The molecule has 0 saturated heterocycles. The van der Waals surface area contributed by atoms with E-state index in [-0.39, 0.29) is 28.5 Å². The third kappa shape index (κ3) is 3.60. The summed E-state index contributed by atoms with van der Waals surface area (Å²) in [4.78, 5) is 25.4. The Kier molecular flexibility index (Phi) is 4.69. The summed E-state index contributed by atoms with van der Waals surface area (Å²) in [5.41, 5.74) is 2.65. The number of para-hydroxylation sites is 1. The highest BCUT2D eigenvalue weighted by Gasteiger charge is 2.36. The number of nitrogens with zero attached hydrogens (tertiary/aromatic N) is 2. The van der Waals surface area contributed by atoms with Crippen LogP contribution in [0.2, 0.25) is 0 Å². The fourth-order valence-corrected chi connectivity index (χ4v) is 4.42. The minimum Gasteiger partial charge on any atom is -0.451 e. The molecule has 1 atom stereocenters. The standard InChI is InChI=1S/C25H22FN3O3/c1-25(2)12-19(18-14-27-29(20(18)13-25)16-9-7-15(26)8-10-16)28-24(31)23-11-21(30)17-5-3-4-6-22(17)32-23/h3-11,14,19H,12-13H2,1-2H3,(H,28,31)/t19-/m1/s1. The molecule has 1 aliphatic carbocycles. The molecule has 0 saturated carbocycles. The molecule has 0 fully saturated rings. The zero-order valence-electron chi connectivity index (χ0n) is 17.8. The molecule has 0 bridgehead atoms. The molecule has 162 valence electrons. The van der Waals surface area contributed by atoms with Crippen molar-refractivity contribution < 1.29 is 13.6 Å². The van der Waals surface area contributed by atoms with Crippen molar-refractivity contribution in [2.24, 2.45) is 5.41 Å². The van der Waals surface area contributed by atoms with Gasteiger partial charge in [-0.2, -0.15) is 5.10 Å². The number of amides is 1. The first-order valence-electron chi connectivity index (χ1n) is 10.5. The van der Waals surface area contributed by atoms with Crippen LogP contribution in [0.5, 0.6) is 0 Å². The van der Waals surface area contributed by atoms with Crippen molar-refractivity contribution in [2.75, 3.05) is 0 Å². The summed E-state index contributed by atoms with van der Waals surface area (Å²) >= 11 is 0. The molecule has 1 amide bonds. The molecule has 0 unspecified atom stereocenters. The molecule has 4 aromatic rings. The second-order valence-corrected chi connectivity index (χ2v) is 8.98. The Bertz CT molecular complexity index is 1390. The molecule has 7 heteroatoms. The highest BCUT2D eigenvalue weighted by molar-refractivity contribution is 5.93. The Morgan fingerprint density at radius 1 is 1.19 bits per heavy atom. The summed E-state index contributed by atoms with van der Waals surface area (Å²) in [6.45, 7) is 4.26. The maximum atomic E-state index is 13.4. The number of hydrogen-bond acceptors (Lipinski definition) is 4. The van der Waals surface area contributed by atoms with Gasteiger partial charge < -0.3 is 9.73 Å². The SMILES string of the molecule is CC1(C)Cc2c(cnn2-c2ccc(F)cc2)[C@H](NC(=O)c2cc(=O)c3ccccc3o2)C1. The molecule has 1 aliphatic rings. The number of rotatable bonds is 3. The lowest BCUT2D eigenvalue weighted by molar-refractivity contribution is 0.0891. The van der Waals surface area contributed by atoms with E-state index >= 15 is 0 Å². The van der Waals surface area contributed by atoms with Gasteiger partial charge in [-0.25, -0.2) is 9.07 Å². The largest absolute Gasteiger partial charge is 0.451 e. The van der Waals surface area contributed by atoms with Crippen LogP contribution in [0.1, 0.15) is 48.1 Å². The van der Waals surface area contributed by atoms with Crippen molar-refractivity contribution in [1.29, 1.82) is 0 Å². The zero-order chi connectivity index (χ0) is 22.5. The Morgan fingerprint density at radius 2 is 1.94 bits per heavy atom. The number of nitrogens with one attached hydrogen (secondary N) is 1. The highest BCUT2D eigenvalue weighted by Crippen LogP contribution is 2.41. The van der Waals surface area contributed by atoms with E-state index in [4.69, 9.17) is 4.42 Å². The van der Waals surface area contributed by atoms with Gasteiger partial charge in [0.1, 0.15) is 11.4 Å². The lowest BCUT2D eigenvalue weighted by atomic mass is 9.74. The summed E-state index contributed by atoms with van der Waals surface area (Å²) in [5, 5.41) is 7.98. The van der Waals surface area contributed by atoms with E-state index in [2.05, 4.69) is 24.3 Å². The van der Waals surface area contributed by atoms with E-state index in [0.29, 0.717) is 17.4 Å². The van der Waals surface area contributed by atoms with Gasteiger partial charge in [0.25, 0.3) is 5.91 Å². The number of halogens is 1. The maximum absolute atomic E-state index is 13.4. The van der Waals surface area contributed by atoms with Crippen LogP contribution in [0.25, 0.3) is 16.7 Å². The molecule has 32 heavy (non-hydrogen) atoms. The Labute approximate surface area is 183 Å². The third-order valence-electron chi connectivity index (χ3n) is 5.91. The van der Waals surface area contributed by atoms with Crippen molar-refractivity contribution in [3.05, 3.63) is 93.9 Å². The monoisotopic (exact) mass is 431 g/mol. The summed E-state index contributed by atoms with van der Waals surface area (Å²) in [6, 6.07) is 13.9. The third-order valence-corrected chi connectivity index (χ3v) is 5.91. The maximum Gasteiger partial charge on any atom is 0.287 e. The molecule has 0 radical (unpaired) electrons. The van der Waals surface area contributed by atoms with Crippen molar-refractivity contribution in [2.45, 2.75) is 32.7 Å². The zero-order valence-corrected chi connectivity index (χ0v) is 17.8. The van der Waals surface area contributed by atoms with Crippen LogP contribution in [-0.4, -0.2) is 15.7 Å². The molecule has 2 aromatic heterocycles. The normalized spacial score (nSPS) is 17.2. The minimum absolute atomic E-state index is 0.0236. The van der Waals surface area contributed by atoms with Crippen molar-refractivity contribution in [1.82, 2.24) is 15.1 Å². The quantitative estimate of drug-likeness (QED) is 0.516. The van der Waals surface area contributed by atoms with Gasteiger partial charge in [0, 0.05) is 11.6 Å². The predicted octanol–water partition coefficient (Wildman–Crippen LogP) is 4.56. The summed E-state index contributed by atoms with van der Waals surface area (Å²) < 4.78 is 20.9. The molecular formula is C25H22FN3O3. The fourth-order valence-electron chi connectivity index (χ4n) is 4.42. The predicted molar refractivity (Wildman–Crippen MR) is 118 cm³/mol. The highest BCUT2D eigenvalue weighted by atomic mass is 19.1. The van der Waals surface area contributed by atoms with Gasteiger partial charge >= 0.3 is 0 Å². The average Bonchev–Trinajstić information content (AvgIpc) is 3.17. The van der Waals surface area contributed by atoms with Gasteiger partial charge in [-0.3, -0.25) is 9.59 Å². The van der Waals surface area contributed by atoms with Crippen LogP contribution < -0.4 is 10.7 Å². The minimum atomic E-state index is -0.448. The Balaban J connectivity index is 1.49. The molecular weight excluding hydrogens is 409 g/mol. The second-order valence-electron chi connectivity index (χ2n) is 8.98. The van der Waals surface area contributed by atoms with E-state index in [0.717, 1.165) is 23.4 Å². The summed E-state index contributed by atoms with van der Waals surface area (Å²) in [6.07, 6.45) is 3.21. The van der Waals surface area contributed by atoms with Crippen molar-refractivity contribution >= 4 is 16.9 Å². The van der Waals surface area contributed by atoms with Crippen LogP contribution in [0.4, 0.5) is 4.39 Å². The topological polar surface area (TPSA) is 77.1 Å². The molecule has 6 nitrogen and oxygen atoms in total. The van der Waals surface area contributed by atoms with Gasteiger partial charge in [-0.05, 0) is 54.7 Å². The Morgan fingerprint density at radius 3 is 2.72 bits per heavy atom. The molecule has 1 N–H and O–H groups in total. The van der Waals surface area contributed by atoms with E-state index in [1.54, 1.807) is 47.3 Å². The average molecular weight is 431 g/mol. The van der Waals surface area contributed by atoms with Gasteiger partial charge in [0.05, 0.1) is 29.0 Å². The van der Waals surface area contributed by atoms with Crippen LogP contribution in [0.3, 0.4) is 0 Å². The van der Waals surface area contributed by atoms with Crippen LogP contribution in [-0.2, 0) is 6.42 Å². The van der Waals surface area contributed by atoms with Gasteiger partial charge in [0.15, 0.2) is 11.2 Å². The van der Waals surface area contributed by atoms with Crippen LogP contribution in [0, 0.1) is 11.2 Å². The lowest BCUT2D eigenvalue weighted by Crippen LogP contribution is -2.37. The molecule has 2 aromatic carbocycles. The molecule has 5 rings (SSSR count). The van der Waals surface area contributed by atoms with Gasteiger partial charge in [-0.15, -0.1) is 0 Å². The van der Waals surface area contributed by atoms with E-state index < -0.39 is 5.91 Å². The fraction of sp³-hybridized carbons (Fsp3) is 0.240.